The van der Waals surface area contributed by atoms with Crippen molar-refractivity contribution in [2.45, 2.75) is 26.7 Å². The Morgan fingerprint density at radius 1 is 1.31 bits per heavy atom. The molecule has 1 N–H and O–H groups in total. The molecule has 1 unspecified atom stereocenters. The van der Waals surface area contributed by atoms with E-state index in [0.717, 1.165) is 6.54 Å². The molecule has 1 aromatic carbocycles. The smallest absolute Gasteiger partial charge is 0.00145 e. The first-order chi connectivity index (χ1) is 6.16. The van der Waals surface area contributed by atoms with Crippen LogP contribution in [0, 0.1) is 13.8 Å². The van der Waals surface area contributed by atoms with Gasteiger partial charge in [-0.1, -0.05) is 25.1 Å². The normalized spacial score (nSPS) is 12.9. The summed E-state index contributed by atoms with van der Waals surface area (Å²) in [7, 11) is 2.00. The molecule has 1 rings (SSSR count). The van der Waals surface area contributed by atoms with Gasteiger partial charge in [0.15, 0.2) is 0 Å². The molecule has 0 amide bonds. The molecule has 72 valence electrons. The first kappa shape index (κ1) is 10.3. The van der Waals surface area contributed by atoms with Crippen LogP contribution in [-0.4, -0.2) is 13.6 Å². The van der Waals surface area contributed by atoms with E-state index in [1.165, 1.54) is 16.7 Å². The summed E-state index contributed by atoms with van der Waals surface area (Å²) in [5.41, 5.74) is 4.29. The minimum Gasteiger partial charge on any atom is -0.319 e. The van der Waals surface area contributed by atoms with Gasteiger partial charge in [0.1, 0.15) is 0 Å². The van der Waals surface area contributed by atoms with Crippen molar-refractivity contribution in [1.82, 2.24) is 5.32 Å². The number of likely N-dealkylation sites (N-methyl/N-ethyl adjacent to an activating group) is 1. The van der Waals surface area contributed by atoms with Crippen LogP contribution in [0.15, 0.2) is 18.2 Å². The monoisotopic (exact) mass is 177 g/mol. The molecule has 0 aliphatic heterocycles. The lowest BCUT2D eigenvalue weighted by Gasteiger charge is -2.15. The first-order valence-electron chi connectivity index (χ1n) is 4.87. The highest BCUT2D eigenvalue weighted by Crippen LogP contribution is 2.20. The summed E-state index contributed by atoms with van der Waals surface area (Å²) < 4.78 is 0. The van der Waals surface area contributed by atoms with Gasteiger partial charge in [-0.25, -0.2) is 0 Å². The molecule has 1 heteroatoms. The topological polar surface area (TPSA) is 12.0 Å². The third kappa shape index (κ3) is 2.31. The predicted molar refractivity (Wildman–Crippen MR) is 58.3 cm³/mol. The van der Waals surface area contributed by atoms with Crippen LogP contribution < -0.4 is 5.32 Å². The molecule has 0 spiro atoms. The van der Waals surface area contributed by atoms with Crippen molar-refractivity contribution in [2.75, 3.05) is 13.6 Å². The van der Waals surface area contributed by atoms with E-state index in [1.807, 2.05) is 7.05 Å². The van der Waals surface area contributed by atoms with Crippen molar-refractivity contribution in [1.29, 1.82) is 0 Å². The average molecular weight is 177 g/mol. The molecule has 0 heterocycles. The molecule has 0 aliphatic rings. The van der Waals surface area contributed by atoms with Crippen LogP contribution in [0.1, 0.15) is 29.5 Å². The quantitative estimate of drug-likeness (QED) is 0.748. The Morgan fingerprint density at radius 2 is 2.00 bits per heavy atom. The molecule has 1 aromatic rings. The molecule has 0 aromatic heterocycles. The Labute approximate surface area is 81.2 Å². The lowest BCUT2D eigenvalue weighted by atomic mass is 9.94. The maximum atomic E-state index is 3.21. The van der Waals surface area contributed by atoms with Gasteiger partial charge in [-0.05, 0) is 43.5 Å². The zero-order valence-corrected chi connectivity index (χ0v) is 9.02. The fourth-order valence-electron chi connectivity index (χ4n) is 1.72. The SMILES string of the molecule is CNCC(C)c1cccc(C)c1C. The zero-order chi connectivity index (χ0) is 9.84. The van der Waals surface area contributed by atoms with Crippen LogP contribution in [0.4, 0.5) is 0 Å². The second-order valence-electron chi connectivity index (χ2n) is 3.75. The third-order valence-corrected chi connectivity index (χ3v) is 2.69. The van der Waals surface area contributed by atoms with Gasteiger partial charge >= 0.3 is 0 Å². The van der Waals surface area contributed by atoms with Crippen molar-refractivity contribution >= 4 is 0 Å². The summed E-state index contributed by atoms with van der Waals surface area (Å²) in [6.45, 7) is 7.68. The molecule has 0 radical (unpaired) electrons. The summed E-state index contributed by atoms with van der Waals surface area (Å²) in [5.74, 6) is 0.602. The Hall–Kier alpha value is -0.820. The maximum absolute atomic E-state index is 3.21. The third-order valence-electron chi connectivity index (χ3n) is 2.69. The predicted octanol–water partition coefficient (Wildman–Crippen LogP) is 2.63. The average Bonchev–Trinajstić information content (AvgIpc) is 2.10. The Bertz CT molecular complexity index is 278. The van der Waals surface area contributed by atoms with Crippen LogP contribution in [0.25, 0.3) is 0 Å². The summed E-state index contributed by atoms with van der Waals surface area (Å²) in [6.07, 6.45) is 0. The number of benzene rings is 1. The second-order valence-corrected chi connectivity index (χ2v) is 3.75. The van der Waals surface area contributed by atoms with E-state index in [-0.39, 0.29) is 0 Å². The van der Waals surface area contributed by atoms with Crippen molar-refractivity contribution in [3.63, 3.8) is 0 Å². The molecular formula is C12H19N. The second kappa shape index (κ2) is 4.43. The fraction of sp³-hybridized carbons (Fsp3) is 0.500. The van der Waals surface area contributed by atoms with Gasteiger partial charge in [0.2, 0.25) is 0 Å². The Kier molecular flexibility index (Phi) is 3.49. The number of aryl methyl sites for hydroxylation is 1. The Morgan fingerprint density at radius 3 is 2.62 bits per heavy atom. The number of nitrogens with one attached hydrogen (secondary N) is 1. The lowest BCUT2D eigenvalue weighted by molar-refractivity contribution is 0.674. The van der Waals surface area contributed by atoms with Crippen molar-refractivity contribution < 1.29 is 0 Å². The van der Waals surface area contributed by atoms with E-state index >= 15 is 0 Å². The minimum absolute atomic E-state index is 0.602. The first-order valence-corrected chi connectivity index (χ1v) is 4.87. The molecule has 0 fully saturated rings. The van der Waals surface area contributed by atoms with Crippen LogP contribution >= 0.6 is 0 Å². The number of hydrogen-bond donors (Lipinski definition) is 1. The van der Waals surface area contributed by atoms with Crippen molar-refractivity contribution in [2.24, 2.45) is 0 Å². The van der Waals surface area contributed by atoms with E-state index in [0.29, 0.717) is 5.92 Å². The van der Waals surface area contributed by atoms with Gasteiger partial charge < -0.3 is 5.32 Å². The van der Waals surface area contributed by atoms with Crippen molar-refractivity contribution in [3.8, 4) is 0 Å². The van der Waals surface area contributed by atoms with E-state index in [9.17, 15) is 0 Å². The van der Waals surface area contributed by atoms with E-state index in [4.69, 9.17) is 0 Å². The largest absolute Gasteiger partial charge is 0.319 e. The molecule has 1 atom stereocenters. The summed E-state index contributed by atoms with van der Waals surface area (Å²) >= 11 is 0. The van der Waals surface area contributed by atoms with Gasteiger partial charge in [0.25, 0.3) is 0 Å². The molecule has 0 aliphatic carbocycles. The maximum Gasteiger partial charge on any atom is 0.00145 e. The minimum atomic E-state index is 0.602. The summed E-state index contributed by atoms with van der Waals surface area (Å²) in [4.78, 5) is 0. The molecule has 0 bridgehead atoms. The van der Waals surface area contributed by atoms with Crippen LogP contribution in [0.3, 0.4) is 0 Å². The van der Waals surface area contributed by atoms with Crippen LogP contribution in [0.2, 0.25) is 0 Å². The molecule has 0 saturated carbocycles. The zero-order valence-electron chi connectivity index (χ0n) is 9.02. The highest BCUT2D eigenvalue weighted by atomic mass is 14.8. The van der Waals surface area contributed by atoms with Gasteiger partial charge in [0, 0.05) is 6.54 Å². The van der Waals surface area contributed by atoms with Gasteiger partial charge in [-0.2, -0.15) is 0 Å². The van der Waals surface area contributed by atoms with E-state index < -0.39 is 0 Å². The highest BCUT2D eigenvalue weighted by Gasteiger charge is 2.07. The lowest BCUT2D eigenvalue weighted by Crippen LogP contribution is -2.15. The van der Waals surface area contributed by atoms with Gasteiger partial charge in [-0.3, -0.25) is 0 Å². The Balaban J connectivity index is 2.93. The standard InChI is InChI=1S/C12H19N/c1-9-6-5-7-12(11(9)3)10(2)8-13-4/h5-7,10,13H,8H2,1-4H3. The molecule has 1 nitrogen and oxygen atoms in total. The summed E-state index contributed by atoms with van der Waals surface area (Å²) in [6, 6.07) is 6.54. The van der Waals surface area contributed by atoms with E-state index in [2.05, 4.69) is 44.3 Å². The molecule has 13 heavy (non-hydrogen) atoms. The van der Waals surface area contributed by atoms with E-state index in [1.54, 1.807) is 0 Å². The van der Waals surface area contributed by atoms with Gasteiger partial charge in [-0.15, -0.1) is 0 Å². The van der Waals surface area contributed by atoms with Crippen LogP contribution in [-0.2, 0) is 0 Å². The number of rotatable bonds is 3. The molecule has 0 saturated heterocycles. The van der Waals surface area contributed by atoms with Crippen molar-refractivity contribution in [3.05, 3.63) is 34.9 Å². The number of hydrogen-bond acceptors (Lipinski definition) is 1. The van der Waals surface area contributed by atoms with Gasteiger partial charge in [0.05, 0.1) is 0 Å². The highest BCUT2D eigenvalue weighted by molar-refractivity contribution is 5.35. The summed E-state index contributed by atoms with van der Waals surface area (Å²) in [5, 5.41) is 3.21. The fourth-order valence-corrected chi connectivity index (χ4v) is 1.72. The molecular weight excluding hydrogens is 158 g/mol. The van der Waals surface area contributed by atoms with Crippen LogP contribution in [0.5, 0.6) is 0 Å².